The Kier molecular flexibility index (Phi) is 3.31. The molecule has 15 heavy (non-hydrogen) atoms. The third-order valence-corrected chi connectivity index (χ3v) is 2.27. The Morgan fingerprint density at radius 1 is 1.33 bits per heavy atom. The number of hydrogen-bond donors (Lipinski definition) is 3. The number of aliphatic hydroxyl groups excluding tert-OH is 1. The van der Waals surface area contributed by atoms with Crippen molar-refractivity contribution in [3.8, 4) is 5.75 Å². The molecule has 1 atom stereocenters. The zero-order valence-corrected chi connectivity index (χ0v) is 8.69. The van der Waals surface area contributed by atoms with Crippen LogP contribution in [0.1, 0.15) is 29.2 Å². The van der Waals surface area contributed by atoms with Crippen molar-refractivity contribution in [1.29, 1.82) is 0 Å². The van der Waals surface area contributed by atoms with E-state index in [2.05, 4.69) is 0 Å². The standard InChI is InChI=1S/C11H14O4/c1-6-3-8(4-7(2)11(6)15)9(12)5-10(13)14/h3-4,9,12,15H,5H2,1-2H3,(H,13,14)/t9-/m1/s1. The predicted molar refractivity (Wildman–Crippen MR) is 54.8 cm³/mol. The highest BCUT2D eigenvalue weighted by Gasteiger charge is 2.14. The molecule has 0 amide bonds. The maximum Gasteiger partial charge on any atom is 0.306 e. The molecule has 0 heterocycles. The van der Waals surface area contributed by atoms with Crippen LogP contribution in [-0.4, -0.2) is 21.3 Å². The molecule has 1 rings (SSSR count). The van der Waals surface area contributed by atoms with Crippen molar-refractivity contribution in [2.45, 2.75) is 26.4 Å². The minimum atomic E-state index is -1.05. The van der Waals surface area contributed by atoms with Gasteiger partial charge in [0.25, 0.3) is 0 Å². The summed E-state index contributed by atoms with van der Waals surface area (Å²) in [6, 6.07) is 3.19. The molecule has 1 aromatic carbocycles. The van der Waals surface area contributed by atoms with Gasteiger partial charge in [0, 0.05) is 0 Å². The van der Waals surface area contributed by atoms with Gasteiger partial charge in [0.05, 0.1) is 12.5 Å². The Morgan fingerprint density at radius 3 is 2.20 bits per heavy atom. The Morgan fingerprint density at radius 2 is 1.80 bits per heavy atom. The second-order valence-electron chi connectivity index (χ2n) is 3.62. The molecule has 0 saturated heterocycles. The number of phenolic OH excluding ortho intramolecular Hbond substituents is 1. The van der Waals surface area contributed by atoms with Gasteiger partial charge in [0.1, 0.15) is 5.75 Å². The molecule has 1 aromatic rings. The van der Waals surface area contributed by atoms with E-state index in [4.69, 9.17) is 5.11 Å². The second kappa shape index (κ2) is 4.31. The first-order valence-electron chi connectivity index (χ1n) is 4.61. The number of carbonyl (C=O) groups is 1. The van der Waals surface area contributed by atoms with Crippen LogP contribution in [0.4, 0.5) is 0 Å². The van der Waals surface area contributed by atoms with E-state index in [1.165, 1.54) is 0 Å². The smallest absolute Gasteiger partial charge is 0.306 e. The van der Waals surface area contributed by atoms with E-state index >= 15 is 0 Å². The summed E-state index contributed by atoms with van der Waals surface area (Å²) in [5, 5.41) is 27.6. The maximum atomic E-state index is 10.4. The molecule has 0 aliphatic heterocycles. The lowest BCUT2D eigenvalue weighted by atomic mass is 10.0. The molecular weight excluding hydrogens is 196 g/mol. The van der Waals surface area contributed by atoms with Gasteiger partial charge in [-0.1, -0.05) is 0 Å². The van der Waals surface area contributed by atoms with Gasteiger partial charge in [0.2, 0.25) is 0 Å². The zero-order valence-electron chi connectivity index (χ0n) is 8.69. The maximum absolute atomic E-state index is 10.4. The Bertz CT molecular complexity index is 361. The highest BCUT2D eigenvalue weighted by molar-refractivity contribution is 5.67. The fourth-order valence-electron chi connectivity index (χ4n) is 1.47. The van der Waals surface area contributed by atoms with Crippen molar-refractivity contribution in [2.24, 2.45) is 0 Å². The van der Waals surface area contributed by atoms with E-state index in [-0.39, 0.29) is 12.2 Å². The number of carboxylic acid groups (broad SMARTS) is 1. The number of phenols is 1. The van der Waals surface area contributed by atoms with Gasteiger partial charge in [-0.25, -0.2) is 0 Å². The van der Waals surface area contributed by atoms with Gasteiger partial charge in [-0.05, 0) is 42.7 Å². The molecule has 0 fully saturated rings. The third kappa shape index (κ3) is 2.70. The van der Waals surface area contributed by atoms with Crippen LogP contribution in [0, 0.1) is 13.8 Å². The number of aliphatic hydroxyl groups is 1. The summed E-state index contributed by atoms with van der Waals surface area (Å²) in [5.74, 6) is -0.868. The number of benzene rings is 1. The van der Waals surface area contributed by atoms with Gasteiger partial charge in [0.15, 0.2) is 0 Å². The average molecular weight is 210 g/mol. The van der Waals surface area contributed by atoms with Gasteiger partial charge >= 0.3 is 5.97 Å². The van der Waals surface area contributed by atoms with E-state index in [0.717, 1.165) is 0 Å². The van der Waals surface area contributed by atoms with E-state index in [1.54, 1.807) is 26.0 Å². The van der Waals surface area contributed by atoms with Gasteiger partial charge in [-0.15, -0.1) is 0 Å². The fourth-order valence-corrected chi connectivity index (χ4v) is 1.47. The topological polar surface area (TPSA) is 77.8 Å². The quantitative estimate of drug-likeness (QED) is 0.706. The SMILES string of the molecule is Cc1cc([C@H](O)CC(=O)O)cc(C)c1O. The van der Waals surface area contributed by atoms with Crippen LogP contribution in [0.15, 0.2) is 12.1 Å². The Labute approximate surface area is 87.8 Å². The summed E-state index contributed by atoms with van der Waals surface area (Å²) in [5.41, 5.74) is 1.79. The van der Waals surface area contributed by atoms with Crippen LogP contribution in [0.3, 0.4) is 0 Å². The lowest BCUT2D eigenvalue weighted by molar-refractivity contribution is -0.139. The number of carboxylic acids is 1. The number of aromatic hydroxyl groups is 1. The number of aryl methyl sites for hydroxylation is 2. The third-order valence-electron chi connectivity index (χ3n) is 2.27. The van der Waals surface area contributed by atoms with Crippen molar-refractivity contribution >= 4 is 5.97 Å². The van der Waals surface area contributed by atoms with E-state index in [1.807, 2.05) is 0 Å². The summed E-state index contributed by atoms with van der Waals surface area (Å²) in [7, 11) is 0. The summed E-state index contributed by atoms with van der Waals surface area (Å²) in [4.78, 5) is 10.4. The molecule has 0 saturated carbocycles. The van der Waals surface area contributed by atoms with Crippen molar-refractivity contribution in [3.63, 3.8) is 0 Å². The van der Waals surface area contributed by atoms with Crippen molar-refractivity contribution in [1.82, 2.24) is 0 Å². The summed E-state index contributed by atoms with van der Waals surface area (Å²) in [6.07, 6.45) is -1.36. The molecule has 0 radical (unpaired) electrons. The average Bonchev–Trinajstić information content (AvgIpc) is 2.12. The van der Waals surface area contributed by atoms with Crippen LogP contribution in [0.2, 0.25) is 0 Å². The van der Waals surface area contributed by atoms with Gasteiger partial charge in [-0.2, -0.15) is 0 Å². The minimum absolute atomic E-state index is 0.182. The summed E-state index contributed by atoms with van der Waals surface area (Å²) >= 11 is 0. The molecule has 4 nitrogen and oxygen atoms in total. The largest absolute Gasteiger partial charge is 0.507 e. The summed E-state index contributed by atoms with van der Waals surface area (Å²) in [6.45, 7) is 3.42. The first kappa shape index (κ1) is 11.5. The molecular formula is C11H14O4. The van der Waals surface area contributed by atoms with Crippen LogP contribution in [0.5, 0.6) is 5.75 Å². The number of aliphatic carboxylic acids is 1. The van der Waals surface area contributed by atoms with Crippen molar-refractivity contribution in [3.05, 3.63) is 28.8 Å². The molecule has 82 valence electrons. The lowest BCUT2D eigenvalue weighted by Gasteiger charge is -2.12. The van der Waals surface area contributed by atoms with Gasteiger partial charge < -0.3 is 15.3 Å². The monoisotopic (exact) mass is 210 g/mol. The lowest BCUT2D eigenvalue weighted by Crippen LogP contribution is -2.06. The van der Waals surface area contributed by atoms with E-state index < -0.39 is 12.1 Å². The molecule has 0 bridgehead atoms. The highest BCUT2D eigenvalue weighted by atomic mass is 16.4. The van der Waals surface area contributed by atoms with E-state index in [9.17, 15) is 15.0 Å². The fraction of sp³-hybridized carbons (Fsp3) is 0.364. The molecule has 0 aromatic heterocycles. The molecule has 4 heteroatoms. The Balaban J connectivity index is 3.00. The van der Waals surface area contributed by atoms with Gasteiger partial charge in [-0.3, -0.25) is 4.79 Å². The van der Waals surface area contributed by atoms with Crippen LogP contribution < -0.4 is 0 Å². The molecule has 0 spiro atoms. The number of rotatable bonds is 3. The number of hydrogen-bond acceptors (Lipinski definition) is 3. The van der Waals surface area contributed by atoms with E-state index in [0.29, 0.717) is 16.7 Å². The van der Waals surface area contributed by atoms with Crippen molar-refractivity contribution in [2.75, 3.05) is 0 Å². The predicted octanol–water partition coefficient (Wildman–Crippen LogP) is 1.52. The normalized spacial score (nSPS) is 12.5. The van der Waals surface area contributed by atoms with Crippen LogP contribution in [-0.2, 0) is 4.79 Å². The molecule has 0 aliphatic rings. The zero-order chi connectivity index (χ0) is 11.6. The van der Waals surface area contributed by atoms with Crippen molar-refractivity contribution < 1.29 is 20.1 Å². The molecule has 3 N–H and O–H groups in total. The van der Waals surface area contributed by atoms with Crippen LogP contribution >= 0.6 is 0 Å². The minimum Gasteiger partial charge on any atom is -0.507 e. The first-order valence-corrected chi connectivity index (χ1v) is 4.61. The molecule has 0 unspecified atom stereocenters. The molecule has 0 aliphatic carbocycles. The second-order valence-corrected chi connectivity index (χ2v) is 3.62. The first-order chi connectivity index (χ1) is 6.91. The summed E-state index contributed by atoms with van der Waals surface area (Å²) < 4.78 is 0. The highest BCUT2D eigenvalue weighted by Crippen LogP contribution is 2.27. The Hall–Kier alpha value is -1.55. The van der Waals surface area contributed by atoms with Crippen LogP contribution in [0.25, 0.3) is 0 Å².